The van der Waals surface area contributed by atoms with Crippen molar-refractivity contribution in [2.75, 3.05) is 6.61 Å². The summed E-state index contributed by atoms with van der Waals surface area (Å²) in [5.41, 5.74) is 3.86. The Labute approximate surface area is 322 Å². The van der Waals surface area contributed by atoms with Gasteiger partial charge in [0.1, 0.15) is 23.0 Å². The number of hydrogen-bond acceptors (Lipinski definition) is 9. The van der Waals surface area contributed by atoms with E-state index in [1.165, 1.54) is 0 Å². The van der Waals surface area contributed by atoms with Gasteiger partial charge in [0.2, 0.25) is 0 Å². The molecule has 56 heavy (non-hydrogen) atoms. The number of aliphatic carboxylic acids is 1. The second kappa shape index (κ2) is 14.8. The highest BCUT2D eigenvalue weighted by Crippen LogP contribution is 2.42. The van der Waals surface area contributed by atoms with Crippen LogP contribution in [0.4, 0.5) is 0 Å². The number of aromatic hydroxyl groups is 3. The van der Waals surface area contributed by atoms with Crippen LogP contribution in [0.5, 0.6) is 23.0 Å². The average molecular weight is 795 g/mol. The van der Waals surface area contributed by atoms with Gasteiger partial charge in [-0.3, -0.25) is 9.11 Å². The number of phenolic OH excluding ortho intramolecular Hbond substituents is 3. The van der Waals surface area contributed by atoms with E-state index in [2.05, 4.69) is 0 Å². The number of ether oxygens (including phenoxy) is 1. The van der Waals surface area contributed by atoms with Crippen LogP contribution in [0.1, 0.15) is 44.5 Å². The Morgan fingerprint density at radius 2 is 0.786 bits per heavy atom. The molecule has 0 fully saturated rings. The summed E-state index contributed by atoms with van der Waals surface area (Å²) >= 11 is 0. The van der Waals surface area contributed by atoms with Crippen molar-refractivity contribution in [1.82, 2.24) is 0 Å². The van der Waals surface area contributed by atoms with Crippen molar-refractivity contribution in [1.29, 1.82) is 0 Å². The molecule has 286 valence electrons. The fourth-order valence-electron chi connectivity index (χ4n) is 7.07. The van der Waals surface area contributed by atoms with Crippen LogP contribution in [0.25, 0.3) is 22.3 Å². The van der Waals surface area contributed by atoms with Crippen LogP contribution in [0.2, 0.25) is 0 Å². The molecule has 14 heteroatoms. The van der Waals surface area contributed by atoms with Gasteiger partial charge in [-0.2, -0.15) is 16.8 Å². The lowest BCUT2D eigenvalue weighted by Crippen LogP contribution is -2.13. The molecular weight excluding hydrogens is 761 g/mol. The van der Waals surface area contributed by atoms with Gasteiger partial charge in [-0.25, -0.2) is 4.79 Å². The predicted octanol–water partition coefficient (Wildman–Crippen LogP) is 6.77. The van der Waals surface area contributed by atoms with Crippen molar-refractivity contribution in [3.05, 3.63) is 154 Å². The fourth-order valence-corrected chi connectivity index (χ4v) is 8.24. The van der Waals surface area contributed by atoms with Crippen molar-refractivity contribution in [3.63, 3.8) is 0 Å². The van der Waals surface area contributed by atoms with Crippen LogP contribution >= 0.6 is 0 Å². The molecule has 6 aromatic rings. The molecule has 0 spiro atoms. The highest BCUT2D eigenvalue weighted by atomic mass is 32.2. The highest BCUT2D eigenvalue weighted by Gasteiger charge is 2.26. The molecule has 0 aliphatic heterocycles. The largest absolute Gasteiger partial charge is 0.507 e. The zero-order chi connectivity index (χ0) is 39.9. The summed E-state index contributed by atoms with van der Waals surface area (Å²) in [5.74, 6) is -2.29. The highest BCUT2D eigenvalue weighted by molar-refractivity contribution is 7.86. The van der Waals surface area contributed by atoms with Crippen LogP contribution in [0.3, 0.4) is 0 Å². The zero-order valence-electron chi connectivity index (χ0n) is 29.4. The molecule has 12 nitrogen and oxygen atoms in total. The van der Waals surface area contributed by atoms with Gasteiger partial charge in [0.15, 0.2) is 6.61 Å². The standard InChI is InChI=1S/C42H34O12S2/c43-38(44)23-54-42-34-13-27(25-9-5-2-6-10-25)14-35(42)18-33-22-37(56(51,52)53)21-32(41(33)47)16-31-20-36(55(48,49)50)19-30(40(31)46)15-28-11-26(12-29(17-34)39(28)45)24-7-3-1-4-8-24/h1-14,19-22,45-47H,15-18,23H2,(H,43,44)(H,48,49,50)(H,51,52,53). The first-order valence-electron chi connectivity index (χ1n) is 17.2. The van der Waals surface area contributed by atoms with Gasteiger partial charge >= 0.3 is 5.97 Å². The van der Waals surface area contributed by atoms with E-state index >= 15 is 0 Å². The third kappa shape index (κ3) is 7.95. The summed E-state index contributed by atoms with van der Waals surface area (Å²) in [4.78, 5) is 10.7. The Bertz CT molecular complexity index is 2750. The van der Waals surface area contributed by atoms with Crippen LogP contribution in [-0.4, -0.2) is 58.9 Å². The zero-order valence-corrected chi connectivity index (χ0v) is 31.0. The monoisotopic (exact) mass is 794 g/mol. The number of hydrogen-bond donors (Lipinski definition) is 6. The smallest absolute Gasteiger partial charge is 0.341 e. The Kier molecular flexibility index (Phi) is 10.1. The Balaban J connectivity index is 1.58. The van der Waals surface area contributed by atoms with Gasteiger partial charge in [0.25, 0.3) is 20.2 Å². The van der Waals surface area contributed by atoms with Crippen LogP contribution < -0.4 is 4.74 Å². The quantitative estimate of drug-likeness (QED) is 0.0922. The fraction of sp³-hybridized carbons (Fsp3) is 0.119. The minimum atomic E-state index is -4.90. The van der Waals surface area contributed by atoms with E-state index in [4.69, 9.17) is 4.74 Å². The second-order valence-electron chi connectivity index (χ2n) is 13.5. The summed E-state index contributed by atoms with van der Waals surface area (Å²) in [6, 6.07) is 29.4. The summed E-state index contributed by atoms with van der Waals surface area (Å²) < 4.78 is 76.5. The normalized spacial score (nSPS) is 12.9. The molecule has 0 saturated heterocycles. The third-order valence-corrected chi connectivity index (χ3v) is 11.3. The Morgan fingerprint density at radius 3 is 1.11 bits per heavy atom. The lowest BCUT2D eigenvalue weighted by atomic mass is 9.88. The Morgan fingerprint density at radius 1 is 0.482 bits per heavy atom. The maximum Gasteiger partial charge on any atom is 0.341 e. The van der Waals surface area contributed by atoms with E-state index in [-0.39, 0.29) is 58.6 Å². The van der Waals surface area contributed by atoms with E-state index in [0.29, 0.717) is 27.8 Å². The van der Waals surface area contributed by atoms with E-state index < -0.39 is 60.5 Å². The molecular formula is C42H34O12S2. The van der Waals surface area contributed by atoms with Crippen LogP contribution in [0.15, 0.2) is 119 Å². The summed E-state index contributed by atoms with van der Waals surface area (Å²) in [6.45, 7) is -0.766. The van der Waals surface area contributed by atoms with E-state index in [0.717, 1.165) is 35.4 Å². The molecule has 0 atom stereocenters. The van der Waals surface area contributed by atoms with E-state index in [1.54, 1.807) is 24.3 Å². The lowest BCUT2D eigenvalue weighted by Gasteiger charge is -2.21. The summed E-state index contributed by atoms with van der Waals surface area (Å²) in [5, 5.41) is 45.0. The molecule has 0 aromatic heterocycles. The predicted molar refractivity (Wildman–Crippen MR) is 206 cm³/mol. The van der Waals surface area contributed by atoms with Crippen molar-refractivity contribution >= 4 is 26.2 Å². The molecule has 6 N–H and O–H groups in total. The first kappa shape index (κ1) is 38.1. The number of rotatable bonds is 7. The van der Waals surface area contributed by atoms with Crippen LogP contribution in [0, 0.1) is 0 Å². The molecule has 0 radical (unpaired) electrons. The number of carboxylic acid groups (broad SMARTS) is 1. The molecule has 0 saturated carbocycles. The number of fused-ring (bicyclic) bond motifs is 8. The number of carbonyl (C=O) groups is 1. The first-order valence-corrected chi connectivity index (χ1v) is 20.0. The van der Waals surface area contributed by atoms with Gasteiger partial charge in [-0.15, -0.1) is 0 Å². The molecule has 0 unspecified atom stereocenters. The summed E-state index contributed by atoms with van der Waals surface area (Å²) in [6.07, 6.45) is -1.06. The Hall–Kier alpha value is -6.19. The third-order valence-electron chi connectivity index (χ3n) is 9.67. The topological polar surface area (TPSA) is 216 Å². The minimum Gasteiger partial charge on any atom is -0.507 e. The van der Waals surface area contributed by atoms with Gasteiger partial charge < -0.3 is 25.2 Å². The van der Waals surface area contributed by atoms with Crippen molar-refractivity contribution in [3.8, 4) is 45.3 Å². The number of carboxylic acids is 1. The SMILES string of the molecule is O=C(O)COc1c2cc(-c3ccccc3)cc1Cc1cc(S(=O)(=O)O)cc(c1O)Cc1cc(S(=O)(=O)O)cc(c1O)Cc1cc(-c3ccccc3)cc(c1O)C2. The maximum atomic E-state index is 12.6. The van der Waals surface area contributed by atoms with Crippen molar-refractivity contribution < 1.29 is 55.9 Å². The molecule has 8 bridgehead atoms. The van der Waals surface area contributed by atoms with Gasteiger partial charge in [-0.1, -0.05) is 60.7 Å². The van der Waals surface area contributed by atoms with Crippen LogP contribution in [-0.2, 0) is 50.7 Å². The van der Waals surface area contributed by atoms with Gasteiger partial charge in [-0.05, 0) is 93.0 Å². The minimum absolute atomic E-state index is 0.0295. The molecule has 1 aliphatic rings. The first-order chi connectivity index (χ1) is 26.5. The average Bonchev–Trinajstić information content (AvgIpc) is 3.15. The van der Waals surface area contributed by atoms with Crippen molar-refractivity contribution in [2.24, 2.45) is 0 Å². The van der Waals surface area contributed by atoms with E-state index in [9.17, 15) is 51.2 Å². The van der Waals surface area contributed by atoms with Gasteiger partial charge in [0, 0.05) is 47.9 Å². The molecule has 6 aromatic carbocycles. The maximum absolute atomic E-state index is 12.6. The lowest BCUT2D eigenvalue weighted by molar-refractivity contribution is -0.139. The second-order valence-corrected chi connectivity index (χ2v) is 16.4. The molecule has 0 amide bonds. The van der Waals surface area contributed by atoms with Crippen molar-refractivity contribution in [2.45, 2.75) is 35.5 Å². The molecule has 7 rings (SSSR count). The molecule has 0 heterocycles. The van der Waals surface area contributed by atoms with Gasteiger partial charge in [0.05, 0.1) is 9.79 Å². The molecule has 1 aliphatic carbocycles. The number of phenols is 3. The summed E-state index contributed by atoms with van der Waals surface area (Å²) in [7, 11) is -9.78. The number of benzene rings is 6. The van der Waals surface area contributed by atoms with E-state index in [1.807, 2.05) is 60.7 Å².